The van der Waals surface area contributed by atoms with E-state index in [1.807, 2.05) is 13.8 Å². The summed E-state index contributed by atoms with van der Waals surface area (Å²) in [7, 11) is 0. The minimum atomic E-state index is -0.312. The van der Waals surface area contributed by atoms with Crippen LogP contribution >= 0.6 is 0 Å². The second-order valence-corrected chi connectivity index (χ2v) is 3.89. The number of halogens is 2. The summed E-state index contributed by atoms with van der Waals surface area (Å²) < 4.78 is 26.9. The molecule has 1 nitrogen and oxygen atoms in total. The van der Waals surface area contributed by atoms with Crippen LogP contribution in [0.4, 0.5) is 8.78 Å². The van der Waals surface area contributed by atoms with Crippen LogP contribution < -0.4 is 5.32 Å². The zero-order chi connectivity index (χ0) is 10.3. The van der Waals surface area contributed by atoms with Crippen molar-refractivity contribution in [3.05, 3.63) is 34.9 Å². The van der Waals surface area contributed by atoms with E-state index in [4.69, 9.17) is 0 Å². The fourth-order valence-electron chi connectivity index (χ4n) is 2.08. The highest BCUT2D eigenvalue weighted by molar-refractivity contribution is 5.37. The van der Waals surface area contributed by atoms with Gasteiger partial charge in [-0.05, 0) is 30.5 Å². The Morgan fingerprint density at radius 1 is 1.14 bits per heavy atom. The molecule has 0 aromatic heterocycles. The number of hydrogen-bond acceptors (Lipinski definition) is 1. The van der Waals surface area contributed by atoms with Crippen molar-refractivity contribution in [1.82, 2.24) is 5.32 Å². The van der Waals surface area contributed by atoms with E-state index in [0.29, 0.717) is 17.7 Å². The van der Waals surface area contributed by atoms with E-state index in [-0.39, 0.29) is 23.6 Å². The van der Waals surface area contributed by atoms with E-state index in [2.05, 4.69) is 5.32 Å². The lowest BCUT2D eigenvalue weighted by molar-refractivity contribution is 0.445. The highest BCUT2D eigenvalue weighted by atomic mass is 19.1. The molecule has 76 valence electrons. The number of fused-ring (bicyclic) bond motifs is 1. The van der Waals surface area contributed by atoms with Crippen molar-refractivity contribution in [1.29, 1.82) is 0 Å². The number of benzene rings is 1. The van der Waals surface area contributed by atoms with E-state index in [1.54, 1.807) is 0 Å². The predicted octanol–water partition coefficient (Wildman–Crippen LogP) is 2.73. The molecule has 3 heteroatoms. The average molecular weight is 197 g/mol. The molecule has 0 saturated heterocycles. The molecule has 1 heterocycles. The van der Waals surface area contributed by atoms with Crippen LogP contribution in [-0.4, -0.2) is 6.54 Å². The molecule has 1 aliphatic rings. The maximum atomic E-state index is 13.5. The molecule has 0 spiro atoms. The summed E-state index contributed by atoms with van der Waals surface area (Å²) in [5, 5.41) is 3.15. The van der Waals surface area contributed by atoms with Gasteiger partial charge in [-0.1, -0.05) is 6.92 Å². The standard InChI is InChI=1S/C11H13F2N/c1-6-5-14-7(2)11-9(13)4-3-8(12)10(6)11/h3-4,6-7,14H,5H2,1-2H3. The molecule has 0 saturated carbocycles. The fraction of sp³-hybridized carbons (Fsp3) is 0.455. The van der Waals surface area contributed by atoms with Crippen molar-refractivity contribution in [3.8, 4) is 0 Å². The Labute approximate surface area is 82.1 Å². The van der Waals surface area contributed by atoms with Crippen LogP contribution in [0.25, 0.3) is 0 Å². The van der Waals surface area contributed by atoms with Crippen molar-refractivity contribution in [2.75, 3.05) is 6.54 Å². The lowest BCUT2D eigenvalue weighted by Gasteiger charge is -2.29. The lowest BCUT2D eigenvalue weighted by atomic mass is 9.87. The van der Waals surface area contributed by atoms with E-state index < -0.39 is 0 Å². The van der Waals surface area contributed by atoms with Gasteiger partial charge < -0.3 is 5.32 Å². The average Bonchev–Trinajstić information content (AvgIpc) is 2.16. The highest BCUT2D eigenvalue weighted by Crippen LogP contribution is 2.33. The Hall–Kier alpha value is -0.960. The van der Waals surface area contributed by atoms with Crippen LogP contribution in [0, 0.1) is 11.6 Å². The molecule has 2 rings (SSSR count). The topological polar surface area (TPSA) is 12.0 Å². The SMILES string of the molecule is CC1CNC(C)c2c(F)ccc(F)c21. The van der Waals surface area contributed by atoms with Gasteiger partial charge in [0, 0.05) is 18.2 Å². The summed E-state index contributed by atoms with van der Waals surface area (Å²) in [4.78, 5) is 0. The first kappa shape index (κ1) is 9.59. The molecular weight excluding hydrogens is 184 g/mol. The van der Waals surface area contributed by atoms with Crippen molar-refractivity contribution in [2.24, 2.45) is 0 Å². The molecule has 1 aromatic carbocycles. The largest absolute Gasteiger partial charge is 0.309 e. The monoisotopic (exact) mass is 197 g/mol. The molecule has 0 bridgehead atoms. The molecule has 0 fully saturated rings. The van der Waals surface area contributed by atoms with E-state index in [9.17, 15) is 8.78 Å². The maximum absolute atomic E-state index is 13.5. The smallest absolute Gasteiger partial charge is 0.128 e. The van der Waals surface area contributed by atoms with Crippen molar-refractivity contribution >= 4 is 0 Å². The molecule has 0 amide bonds. The third-order valence-electron chi connectivity index (χ3n) is 2.84. The first-order valence-corrected chi connectivity index (χ1v) is 4.82. The van der Waals surface area contributed by atoms with E-state index >= 15 is 0 Å². The van der Waals surface area contributed by atoms with Gasteiger partial charge in [0.1, 0.15) is 11.6 Å². The Bertz CT molecular complexity index is 328. The van der Waals surface area contributed by atoms with Crippen LogP contribution in [-0.2, 0) is 0 Å². The molecular formula is C11H13F2N. The molecule has 2 unspecified atom stereocenters. The third-order valence-corrected chi connectivity index (χ3v) is 2.84. The van der Waals surface area contributed by atoms with Gasteiger partial charge in [0.15, 0.2) is 0 Å². The van der Waals surface area contributed by atoms with Crippen LogP contribution in [0.5, 0.6) is 0 Å². The van der Waals surface area contributed by atoms with Gasteiger partial charge in [0.2, 0.25) is 0 Å². The summed E-state index contributed by atoms with van der Waals surface area (Å²) in [5.74, 6) is -0.563. The quantitative estimate of drug-likeness (QED) is 0.674. The van der Waals surface area contributed by atoms with Gasteiger partial charge >= 0.3 is 0 Å². The number of hydrogen-bond donors (Lipinski definition) is 1. The minimum absolute atomic E-state index is 0.0388. The molecule has 1 aromatic rings. The Balaban J connectivity index is 2.65. The van der Waals surface area contributed by atoms with Crippen LogP contribution in [0.2, 0.25) is 0 Å². The van der Waals surface area contributed by atoms with Crippen molar-refractivity contribution < 1.29 is 8.78 Å². The van der Waals surface area contributed by atoms with Gasteiger partial charge in [-0.25, -0.2) is 8.78 Å². The number of nitrogens with one attached hydrogen (secondary N) is 1. The summed E-state index contributed by atoms with van der Waals surface area (Å²) in [6.45, 7) is 4.46. The van der Waals surface area contributed by atoms with Crippen molar-refractivity contribution in [3.63, 3.8) is 0 Å². The van der Waals surface area contributed by atoms with Crippen LogP contribution in [0.15, 0.2) is 12.1 Å². The zero-order valence-corrected chi connectivity index (χ0v) is 8.27. The third kappa shape index (κ3) is 1.32. The molecule has 14 heavy (non-hydrogen) atoms. The van der Waals surface area contributed by atoms with Gasteiger partial charge in [0.05, 0.1) is 0 Å². The van der Waals surface area contributed by atoms with Gasteiger partial charge in [0.25, 0.3) is 0 Å². The Kier molecular flexibility index (Phi) is 2.27. The van der Waals surface area contributed by atoms with Gasteiger partial charge in [-0.3, -0.25) is 0 Å². The molecule has 1 N–H and O–H groups in total. The zero-order valence-electron chi connectivity index (χ0n) is 8.27. The van der Waals surface area contributed by atoms with Crippen LogP contribution in [0.1, 0.15) is 36.9 Å². The van der Waals surface area contributed by atoms with Crippen molar-refractivity contribution in [2.45, 2.75) is 25.8 Å². The Morgan fingerprint density at radius 3 is 2.29 bits per heavy atom. The summed E-state index contributed by atoms with van der Waals surface area (Å²) in [6.07, 6.45) is 0. The Morgan fingerprint density at radius 2 is 1.71 bits per heavy atom. The maximum Gasteiger partial charge on any atom is 0.128 e. The number of rotatable bonds is 0. The normalized spacial score (nSPS) is 26.0. The second kappa shape index (κ2) is 3.31. The first-order valence-electron chi connectivity index (χ1n) is 4.82. The van der Waals surface area contributed by atoms with Gasteiger partial charge in [-0.15, -0.1) is 0 Å². The predicted molar refractivity (Wildman–Crippen MR) is 51.2 cm³/mol. The second-order valence-electron chi connectivity index (χ2n) is 3.89. The summed E-state index contributed by atoms with van der Waals surface area (Å²) in [6, 6.07) is 2.31. The van der Waals surface area contributed by atoms with Crippen LogP contribution in [0.3, 0.4) is 0 Å². The van der Waals surface area contributed by atoms with E-state index in [1.165, 1.54) is 12.1 Å². The minimum Gasteiger partial charge on any atom is -0.309 e. The lowest BCUT2D eigenvalue weighted by Crippen LogP contribution is -2.32. The molecule has 1 aliphatic heterocycles. The molecule has 2 atom stereocenters. The summed E-state index contributed by atoms with van der Waals surface area (Å²) >= 11 is 0. The molecule has 0 aliphatic carbocycles. The highest BCUT2D eigenvalue weighted by Gasteiger charge is 2.27. The molecule has 0 radical (unpaired) electrons. The first-order chi connectivity index (χ1) is 6.61. The summed E-state index contributed by atoms with van der Waals surface area (Å²) in [5.41, 5.74) is 1.03. The fourth-order valence-corrected chi connectivity index (χ4v) is 2.08. The van der Waals surface area contributed by atoms with E-state index in [0.717, 1.165) is 0 Å². The van der Waals surface area contributed by atoms with Gasteiger partial charge in [-0.2, -0.15) is 0 Å².